The van der Waals surface area contributed by atoms with Crippen LogP contribution in [0.25, 0.3) is 0 Å². The predicted molar refractivity (Wildman–Crippen MR) is 68.8 cm³/mol. The highest BCUT2D eigenvalue weighted by Crippen LogP contribution is 2.29. The van der Waals surface area contributed by atoms with E-state index in [9.17, 15) is 0 Å². The van der Waals surface area contributed by atoms with Crippen LogP contribution in [0.5, 0.6) is 0 Å². The molecule has 2 unspecified atom stereocenters. The van der Waals surface area contributed by atoms with E-state index in [1.54, 1.807) is 0 Å². The average Bonchev–Trinajstić information content (AvgIpc) is 2.13. The Morgan fingerprint density at radius 1 is 1.33 bits per heavy atom. The van der Waals surface area contributed by atoms with Gasteiger partial charge in [-0.2, -0.15) is 0 Å². The maximum Gasteiger partial charge on any atom is 0.0101 e. The van der Waals surface area contributed by atoms with Crippen LogP contribution in [-0.4, -0.2) is 12.6 Å². The molecule has 0 saturated heterocycles. The van der Waals surface area contributed by atoms with Gasteiger partial charge in [0.1, 0.15) is 0 Å². The Balaban J connectivity index is 4.10. The number of hydrogen-bond donors (Lipinski definition) is 1. The summed E-state index contributed by atoms with van der Waals surface area (Å²) in [7, 11) is 0. The predicted octanol–water partition coefficient (Wildman–Crippen LogP) is 3.45. The molecule has 0 fully saturated rings. The van der Waals surface area contributed by atoms with Crippen LogP contribution < -0.4 is 5.32 Å². The van der Waals surface area contributed by atoms with E-state index in [-0.39, 0.29) is 0 Å². The van der Waals surface area contributed by atoms with Crippen LogP contribution in [0, 0.1) is 23.7 Å². The van der Waals surface area contributed by atoms with Crippen molar-refractivity contribution < 1.29 is 0 Å². The first-order chi connectivity index (χ1) is 6.91. The van der Waals surface area contributed by atoms with Crippen LogP contribution in [0.4, 0.5) is 0 Å². The molecule has 0 aromatic rings. The molecule has 0 aliphatic carbocycles. The van der Waals surface area contributed by atoms with E-state index in [1.165, 1.54) is 6.42 Å². The van der Waals surface area contributed by atoms with Crippen molar-refractivity contribution in [2.24, 2.45) is 11.3 Å². The molecular formula is C14H27N. The molecule has 0 aliphatic rings. The van der Waals surface area contributed by atoms with Gasteiger partial charge in [0, 0.05) is 12.5 Å². The first kappa shape index (κ1) is 14.5. The minimum absolute atomic E-state index is 0.393. The highest BCUT2D eigenvalue weighted by atomic mass is 14.9. The number of nitrogens with one attached hydrogen (secondary N) is 1. The van der Waals surface area contributed by atoms with E-state index in [0.29, 0.717) is 11.5 Å². The van der Waals surface area contributed by atoms with Gasteiger partial charge in [0.05, 0.1) is 0 Å². The molecule has 0 spiro atoms. The van der Waals surface area contributed by atoms with Crippen LogP contribution in [0.1, 0.15) is 53.9 Å². The topological polar surface area (TPSA) is 12.0 Å². The highest BCUT2D eigenvalue weighted by Gasteiger charge is 2.22. The molecule has 0 rings (SSSR count). The fourth-order valence-corrected chi connectivity index (χ4v) is 1.63. The SMILES string of the molecule is C#CCCC(CC(C)C(C)(C)C)NCC. The maximum atomic E-state index is 5.31. The van der Waals surface area contributed by atoms with Crippen molar-refractivity contribution in [1.82, 2.24) is 5.32 Å². The van der Waals surface area contributed by atoms with Gasteiger partial charge in [-0.3, -0.25) is 0 Å². The molecule has 0 amide bonds. The second-order valence-corrected chi connectivity index (χ2v) is 5.50. The van der Waals surface area contributed by atoms with Crippen molar-refractivity contribution >= 4 is 0 Å². The van der Waals surface area contributed by atoms with Gasteiger partial charge in [-0.1, -0.05) is 34.6 Å². The normalized spacial score (nSPS) is 15.7. The van der Waals surface area contributed by atoms with Crippen molar-refractivity contribution in [3.05, 3.63) is 0 Å². The fraction of sp³-hybridized carbons (Fsp3) is 0.857. The summed E-state index contributed by atoms with van der Waals surface area (Å²) in [6, 6.07) is 0.584. The third-order valence-electron chi connectivity index (χ3n) is 3.25. The summed E-state index contributed by atoms with van der Waals surface area (Å²) in [4.78, 5) is 0. The molecule has 1 N–H and O–H groups in total. The Morgan fingerprint density at radius 3 is 2.33 bits per heavy atom. The van der Waals surface area contributed by atoms with Crippen LogP contribution >= 0.6 is 0 Å². The van der Waals surface area contributed by atoms with E-state index < -0.39 is 0 Å². The van der Waals surface area contributed by atoms with E-state index in [1.807, 2.05) is 0 Å². The van der Waals surface area contributed by atoms with Gasteiger partial charge in [0.15, 0.2) is 0 Å². The number of hydrogen-bond acceptors (Lipinski definition) is 1. The average molecular weight is 209 g/mol. The Hall–Kier alpha value is -0.480. The molecule has 2 atom stereocenters. The van der Waals surface area contributed by atoms with Gasteiger partial charge in [-0.15, -0.1) is 12.3 Å². The summed E-state index contributed by atoms with van der Waals surface area (Å²) in [6.45, 7) is 12.4. The standard InChI is InChI=1S/C14H27N/c1-7-9-10-13(15-8-2)11-12(3)14(4,5)6/h1,12-13,15H,8-11H2,2-6H3. The molecule has 15 heavy (non-hydrogen) atoms. The van der Waals surface area contributed by atoms with Crippen LogP contribution in [0.15, 0.2) is 0 Å². The van der Waals surface area contributed by atoms with Crippen LogP contribution in [-0.2, 0) is 0 Å². The molecule has 0 heterocycles. The van der Waals surface area contributed by atoms with Crippen LogP contribution in [0.3, 0.4) is 0 Å². The molecule has 0 bridgehead atoms. The molecular weight excluding hydrogens is 182 g/mol. The summed E-state index contributed by atoms with van der Waals surface area (Å²) in [5, 5.41) is 3.52. The Morgan fingerprint density at radius 2 is 1.93 bits per heavy atom. The molecule has 88 valence electrons. The second-order valence-electron chi connectivity index (χ2n) is 5.50. The van der Waals surface area contributed by atoms with Gasteiger partial charge in [-0.25, -0.2) is 0 Å². The van der Waals surface area contributed by atoms with Crippen molar-refractivity contribution in [2.45, 2.75) is 59.9 Å². The van der Waals surface area contributed by atoms with Gasteiger partial charge < -0.3 is 5.32 Å². The Bertz CT molecular complexity index is 194. The Labute approximate surface area is 96.0 Å². The number of terminal acetylenes is 1. The van der Waals surface area contributed by atoms with Crippen LogP contribution in [0.2, 0.25) is 0 Å². The van der Waals surface area contributed by atoms with Crippen molar-refractivity contribution in [3.8, 4) is 12.3 Å². The van der Waals surface area contributed by atoms with E-state index in [0.717, 1.165) is 25.3 Å². The molecule has 0 aromatic carbocycles. The van der Waals surface area contributed by atoms with E-state index >= 15 is 0 Å². The zero-order valence-electron chi connectivity index (χ0n) is 11.1. The van der Waals surface area contributed by atoms with Gasteiger partial charge in [-0.05, 0) is 30.7 Å². The van der Waals surface area contributed by atoms with Gasteiger partial charge in [0.2, 0.25) is 0 Å². The lowest BCUT2D eigenvalue weighted by Gasteiger charge is -2.31. The maximum absolute atomic E-state index is 5.31. The van der Waals surface area contributed by atoms with Gasteiger partial charge >= 0.3 is 0 Å². The summed E-state index contributed by atoms with van der Waals surface area (Å²) in [5.41, 5.74) is 0.393. The lowest BCUT2D eigenvalue weighted by atomic mass is 9.78. The lowest BCUT2D eigenvalue weighted by Crippen LogP contribution is -2.33. The minimum Gasteiger partial charge on any atom is -0.314 e. The largest absolute Gasteiger partial charge is 0.314 e. The van der Waals surface area contributed by atoms with E-state index in [4.69, 9.17) is 6.42 Å². The molecule has 1 nitrogen and oxygen atoms in total. The molecule has 0 saturated carbocycles. The number of rotatable bonds is 6. The third kappa shape index (κ3) is 6.57. The zero-order chi connectivity index (χ0) is 11.9. The van der Waals surface area contributed by atoms with Crippen molar-refractivity contribution in [2.75, 3.05) is 6.54 Å². The van der Waals surface area contributed by atoms with Gasteiger partial charge in [0.25, 0.3) is 0 Å². The summed E-state index contributed by atoms with van der Waals surface area (Å²) in [6.07, 6.45) is 8.52. The summed E-state index contributed by atoms with van der Waals surface area (Å²) < 4.78 is 0. The molecule has 1 heteroatoms. The summed E-state index contributed by atoms with van der Waals surface area (Å²) in [5.74, 6) is 3.45. The quantitative estimate of drug-likeness (QED) is 0.661. The zero-order valence-corrected chi connectivity index (χ0v) is 11.1. The monoisotopic (exact) mass is 209 g/mol. The molecule has 0 radical (unpaired) electrons. The molecule has 0 aliphatic heterocycles. The van der Waals surface area contributed by atoms with Crippen molar-refractivity contribution in [1.29, 1.82) is 0 Å². The first-order valence-corrected chi connectivity index (χ1v) is 6.08. The first-order valence-electron chi connectivity index (χ1n) is 6.08. The summed E-state index contributed by atoms with van der Waals surface area (Å²) >= 11 is 0. The third-order valence-corrected chi connectivity index (χ3v) is 3.25. The lowest BCUT2D eigenvalue weighted by molar-refractivity contribution is 0.220. The second kappa shape index (κ2) is 6.90. The van der Waals surface area contributed by atoms with E-state index in [2.05, 4.69) is 45.9 Å². The Kier molecular flexibility index (Phi) is 6.68. The fourth-order valence-electron chi connectivity index (χ4n) is 1.63. The highest BCUT2D eigenvalue weighted by molar-refractivity contribution is 4.86. The smallest absolute Gasteiger partial charge is 0.0101 e. The van der Waals surface area contributed by atoms with Crippen molar-refractivity contribution in [3.63, 3.8) is 0 Å². The minimum atomic E-state index is 0.393. The molecule has 0 aromatic heterocycles.